The fourth-order valence-corrected chi connectivity index (χ4v) is 3.59. The van der Waals surface area contributed by atoms with Crippen LogP contribution in [0, 0.1) is 31.8 Å². The number of halogens is 3. The number of hydrazone groups is 2. The number of hydrogen-bond acceptors (Lipinski definition) is 6. The van der Waals surface area contributed by atoms with Gasteiger partial charge in [0.1, 0.15) is 32.1 Å². The normalized spacial score (nSPS) is 16.6. The van der Waals surface area contributed by atoms with E-state index in [9.17, 15) is 20.2 Å². The van der Waals surface area contributed by atoms with Gasteiger partial charge in [-0.15, -0.1) is 0 Å². The molecule has 0 saturated carbocycles. The van der Waals surface area contributed by atoms with Crippen molar-refractivity contribution in [3.63, 3.8) is 0 Å². The number of hydrogen-bond donors (Lipinski definition) is 1. The molecule has 0 radical (unpaired) electrons. The fourth-order valence-electron chi connectivity index (χ4n) is 3.37. The number of nitrogens with one attached hydrogen (secondary N) is 1. The van der Waals surface area contributed by atoms with Crippen LogP contribution in [0.5, 0.6) is 0 Å². The molecule has 17 heteroatoms. The van der Waals surface area contributed by atoms with Crippen LogP contribution >= 0.6 is 23.2 Å². The smallest absolute Gasteiger partial charge is 0.274 e. The molecule has 0 amide bonds. The van der Waals surface area contributed by atoms with Crippen LogP contribution in [0.1, 0.15) is 11.1 Å². The van der Waals surface area contributed by atoms with Crippen LogP contribution in [0.3, 0.4) is 0 Å². The van der Waals surface area contributed by atoms with Gasteiger partial charge in [-0.2, -0.15) is 0 Å². The van der Waals surface area contributed by atoms with Crippen molar-refractivity contribution in [3.05, 3.63) is 78.3 Å². The maximum Gasteiger partial charge on any atom is 0.274 e. The Morgan fingerprint density at radius 1 is 0.919 bits per heavy atom. The Hall–Kier alpha value is -3.49. The Kier molecular flexibility index (Phi) is 12.0. The molecule has 2 aliphatic heterocycles. The minimum atomic E-state index is -0.708. The van der Waals surface area contributed by atoms with Crippen molar-refractivity contribution in [2.45, 2.75) is 13.1 Å². The highest BCUT2D eigenvalue weighted by Gasteiger charge is 2.27. The summed E-state index contributed by atoms with van der Waals surface area (Å²) in [5.41, 5.74) is 1.86. The number of rotatable bonds is 6. The topological polar surface area (TPSA) is 159 Å². The molecule has 2 aromatic rings. The second-order valence-electron chi connectivity index (χ2n) is 7.47. The average molecular weight is 577 g/mol. The molecule has 0 bridgehead atoms. The summed E-state index contributed by atoms with van der Waals surface area (Å²) >= 11 is 15.5. The summed E-state index contributed by atoms with van der Waals surface area (Å²) in [5.74, 6) is 0.653. The van der Waals surface area contributed by atoms with Crippen LogP contribution in [-0.2, 0) is 13.1 Å². The standard InChI is InChI=1S/C10H12ClN5O2.C9H10ClN5O2.CH4Cl/c1-14-4-5-15(10(14)13-16(17)18)7-8-2-3-9(11)12-6-8;10-8-2-1-7(5-12-8)6-14-4-3-11-9(14)13-15(16)17;1-2/h2-3,6H,4-5,7H2,1H3;1-2,5H,3-4,6H2,(H,11,13);2H,1H3/q;;+1/b13-10+;;. The van der Waals surface area contributed by atoms with Crippen LogP contribution in [0.25, 0.3) is 0 Å². The summed E-state index contributed by atoms with van der Waals surface area (Å²) < 4.78 is 0. The molecule has 0 aliphatic carbocycles. The lowest BCUT2D eigenvalue weighted by atomic mass is 10.3. The third-order valence-electron chi connectivity index (χ3n) is 4.97. The molecule has 0 aromatic carbocycles. The zero-order chi connectivity index (χ0) is 27.4. The largest absolute Gasteiger partial charge is 0.349 e. The van der Waals surface area contributed by atoms with Gasteiger partial charge in [0.05, 0.1) is 0 Å². The molecule has 2 saturated heterocycles. The van der Waals surface area contributed by atoms with E-state index in [0.717, 1.165) is 11.1 Å². The predicted octanol–water partition coefficient (Wildman–Crippen LogP) is 1.62. The molecule has 0 atom stereocenters. The molecule has 0 unspecified atom stereocenters. The molecule has 14 nitrogen and oxygen atoms in total. The van der Waals surface area contributed by atoms with E-state index < -0.39 is 10.1 Å². The summed E-state index contributed by atoms with van der Waals surface area (Å²) in [5, 5.41) is 29.8. The van der Waals surface area contributed by atoms with Crippen LogP contribution in [0.15, 0.2) is 46.9 Å². The van der Waals surface area contributed by atoms with Gasteiger partial charge in [-0.1, -0.05) is 35.3 Å². The maximum absolute atomic E-state index is 10.5. The Bertz CT molecular complexity index is 1100. The van der Waals surface area contributed by atoms with E-state index in [0.29, 0.717) is 55.5 Å². The van der Waals surface area contributed by atoms with E-state index in [1.165, 1.54) is 0 Å². The highest BCUT2D eigenvalue weighted by molar-refractivity contribution is 6.29. The Balaban J connectivity index is 0.000000244. The first-order valence-electron chi connectivity index (χ1n) is 10.7. The van der Waals surface area contributed by atoms with E-state index in [2.05, 4.69) is 37.1 Å². The second kappa shape index (κ2) is 14.9. The highest BCUT2D eigenvalue weighted by atomic mass is 35.5. The Labute approximate surface area is 227 Å². The van der Waals surface area contributed by atoms with Crippen molar-refractivity contribution in [2.24, 2.45) is 10.2 Å². The van der Waals surface area contributed by atoms with E-state index in [1.807, 2.05) is 17.0 Å². The molecule has 4 heterocycles. The Morgan fingerprint density at radius 2 is 1.46 bits per heavy atom. The molecule has 200 valence electrons. The first-order valence-corrected chi connectivity index (χ1v) is 12.3. The molecule has 4 rings (SSSR count). The lowest BCUT2D eigenvalue weighted by Gasteiger charge is -2.17. The van der Waals surface area contributed by atoms with Gasteiger partial charge >= 0.3 is 0 Å². The quantitative estimate of drug-likeness (QED) is 0.232. The van der Waals surface area contributed by atoms with Crippen molar-refractivity contribution < 1.29 is 21.7 Å². The van der Waals surface area contributed by atoms with Crippen LogP contribution in [-0.4, -0.2) is 86.3 Å². The first kappa shape index (κ1) is 29.7. The maximum atomic E-state index is 10.5. The van der Waals surface area contributed by atoms with E-state index in [-0.39, 0.29) is 5.96 Å². The monoisotopic (exact) mass is 575 g/mol. The van der Waals surface area contributed by atoms with Crippen molar-refractivity contribution in [3.8, 4) is 0 Å². The van der Waals surface area contributed by atoms with Gasteiger partial charge in [0.2, 0.25) is 0 Å². The zero-order valence-electron chi connectivity index (χ0n) is 20.0. The highest BCUT2D eigenvalue weighted by Crippen LogP contribution is 2.13. The van der Waals surface area contributed by atoms with Crippen molar-refractivity contribution in [1.29, 1.82) is 0 Å². The van der Waals surface area contributed by atoms with Gasteiger partial charge in [0, 0.05) is 58.7 Å². The van der Waals surface area contributed by atoms with Crippen LogP contribution < -0.4 is 5.32 Å². The number of aromatic nitrogens is 2. The number of guanidine groups is 2. The molecule has 1 N–H and O–H groups in total. The number of likely N-dealkylation sites (N-methyl/N-ethyl adjacent to an activating group) is 1. The van der Waals surface area contributed by atoms with E-state index in [4.69, 9.17) is 23.2 Å². The zero-order valence-corrected chi connectivity index (χ0v) is 22.4. The third-order valence-corrected chi connectivity index (χ3v) is 5.41. The van der Waals surface area contributed by atoms with Gasteiger partial charge in [-0.25, -0.2) is 30.2 Å². The molecule has 2 aromatic heterocycles. The molecular formula is C20H26Cl3N10O4+. The van der Waals surface area contributed by atoms with Crippen LogP contribution in [0.2, 0.25) is 10.3 Å². The fraction of sp³-hybridized carbons (Fsp3) is 0.400. The summed E-state index contributed by atoms with van der Waals surface area (Å²) in [6.07, 6.45) is 4.88. The minimum absolute atomic E-state index is 0.282. The predicted molar refractivity (Wildman–Crippen MR) is 136 cm³/mol. The third kappa shape index (κ3) is 9.82. The van der Waals surface area contributed by atoms with Gasteiger partial charge in [0.25, 0.3) is 11.9 Å². The summed E-state index contributed by atoms with van der Waals surface area (Å²) in [6, 6.07) is 7.06. The summed E-state index contributed by atoms with van der Waals surface area (Å²) in [4.78, 5) is 34.1. The van der Waals surface area contributed by atoms with E-state index in [1.54, 1.807) is 47.8 Å². The minimum Gasteiger partial charge on any atom is -0.349 e. The van der Waals surface area contributed by atoms with Crippen LogP contribution in [0.4, 0.5) is 0 Å². The molecule has 2 fully saturated rings. The summed E-state index contributed by atoms with van der Waals surface area (Å²) in [7, 11) is 1.78. The number of alkyl halides is 1. The lowest BCUT2D eigenvalue weighted by molar-refractivity contribution is -0.486. The van der Waals surface area contributed by atoms with Crippen molar-refractivity contribution >= 4 is 35.1 Å². The number of pyridine rings is 2. The molecule has 37 heavy (non-hydrogen) atoms. The van der Waals surface area contributed by atoms with Gasteiger partial charge in [0.15, 0.2) is 16.4 Å². The molecule has 0 spiro atoms. The second-order valence-corrected chi connectivity index (χ2v) is 8.24. The Morgan fingerprint density at radius 3 is 1.95 bits per heavy atom. The summed E-state index contributed by atoms with van der Waals surface area (Å²) in [6.45, 7) is 3.79. The van der Waals surface area contributed by atoms with Crippen molar-refractivity contribution in [2.75, 3.05) is 39.6 Å². The van der Waals surface area contributed by atoms with Gasteiger partial charge < -0.3 is 20.0 Å². The molecular weight excluding hydrogens is 551 g/mol. The van der Waals surface area contributed by atoms with Gasteiger partial charge in [-0.3, -0.25) is 0 Å². The van der Waals surface area contributed by atoms with Gasteiger partial charge in [-0.05, 0) is 23.3 Å². The number of nitro groups is 2. The average Bonchev–Trinajstić information content (AvgIpc) is 3.44. The van der Waals surface area contributed by atoms with Crippen molar-refractivity contribution in [1.82, 2.24) is 30.0 Å². The first-order chi connectivity index (χ1) is 17.7. The lowest BCUT2D eigenvalue weighted by Crippen LogP contribution is -2.31. The SMILES string of the molecule is CN1CCN(Cc2ccc(Cl)nc2)/C1=N/[N+](=O)[O-].C[ClH+].O=[N+]([O-])/N=C1\NCCN1Cc1ccc(Cl)nc1. The van der Waals surface area contributed by atoms with E-state index >= 15 is 0 Å². The molecule has 2 aliphatic rings. The number of nitrogens with zero attached hydrogens (tertiary/aromatic N) is 9.